The Balaban J connectivity index is 1.99. The van der Waals surface area contributed by atoms with Gasteiger partial charge in [-0.05, 0) is 70.0 Å². The average molecular weight is 648 g/mol. The van der Waals surface area contributed by atoms with E-state index >= 15 is 0 Å². The maximum atomic E-state index is 13.3. The number of esters is 1. The van der Waals surface area contributed by atoms with Crippen molar-refractivity contribution >= 4 is 42.1 Å². The van der Waals surface area contributed by atoms with Crippen molar-refractivity contribution in [2.75, 3.05) is 20.8 Å². The Morgan fingerprint density at radius 3 is 2.46 bits per heavy atom. The van der Waals surface area contributed by atoms with Gasteiger partial charge in [-0.15, -0.1) is 0 Å². The standard InChI is InChI=1S/C35H46N4O6Si/c1-22-18-29(42-6)30(25-13-14-38(31(22)25)34(41)45-35(3,4)5)26(17-23(2)33(40)43-7)32-37-27-12-11-24(20-36)19-28(27)39(32)21-44-15-16-46(8,9)10/h11-14,18-19,23,26H,15-17,21H2,1-10H3/p+1. The number of fused-ring (bicyclic) bond motifs is 2. The third kappa shape index (κ3) is 7.62. The molecule has 0 spiro atoms. The van der Waals surface area contributed by atoms with Crippen molar-refractivity contribution in [2.45, 2.75) is 85.0 Å². The lowest BCUT2D eigenvalue weighted by Crippen LogP contribution is -2.41. The van der Waals surface area contributed by atoms with E-state index in [-0.39, 0.29) is 12.7 Å². The maximum absolute atomic E-state index is 13.3. The maximum Gasteiger partial charge on any atom is 0.419 e. The Morgan fingerprint density at radius 2 is 1.85 bits per heavy atom. The molecule has 2 aromatic heterocycles. The molecule has 10 nitrogen and oxygen atoms in total. The second-order valence-corrected chi connectivity index (χ2v) is 19.7. The van der Waals surface area contributed by atoms with Crippen molar-refractivity contribution in [3.05, 3.63) is 59.0 Å². The summed E-state index contributed by atoms with van der Waals surface area (Å²) in [5.74, 6) is 0.157. The van der Waals surface area contributed by atoms with Crippen LogP contribution in [-0.2, 0) is 25.7 Å². The van der Waals surface area contributed by atoms with Gasteiger partial charge in [0.15, 0.2) is 17.8 Å². The lowest BCUT2D eigenvalue weighted by atomic mass is 9.85. The molecule has 4 aromatic rings. The minimum atomic E-state index is -1.34. The summed E-state index contributed by atoms with van der Waals surface area (Å²) in [5, 5.41) is 10.5. The topological polar surface area (TPSA) is 119 Å². The summed E-state index contributed by atoms with van der Waals surface area (Å²) in [7, 11) is 1.67. The fourth-order valence-corrected chi connectivity index (χ4v) is 6.51. The van der Waals surface area contributed by atoms with E-state index in [0.717, 1.165) is 39.4 Å². The summed E-state index contributed by atoms with van der Waals surface area (Å²) in [6, 6.07) is 12.6. The minimum Gasteiger partial charge on any atom is -0.496 e. The minimum absolute atomic E-state index is 0.244. The average Bonchev–Trinajstić information content (AvgIpc) is 3.58. The number of nitrogens with one attached hydrogen (secondary N) is 1. The van der Waals surface area contributed by atoms with Gasteiger partial charge in [-0.1, -0.05) is 26.6 Å². The zero-order chi connectivity index (χ0) is 34.0. The predicted molar refractivity (Wildman–Crippen MR) is 180 cm³/mol. The van der Waals surface area contributed by atoms with Crippen LogP contribution in [0.3, 0.4) is 0 Å². The number of H-pyrrole nitrogens is 1. The highest BCUT2D eigenvalue weighted by Crippen LogP contribution is 2.42. The number of hydrogen-bond donors (Lipinski definition) is 1. The van der Waals surface area contributed by atoms with Crippen molar-refractivity contribution in [2.24, 2.45) is 5.92 Å². The summed E-state index contributed by atoms with van der Waals surface area (Å²) in [4.78, 5) is 29.8. The molecule has 0 radical (unpaired) electrons. The number of nitriles is 1. The quantitative estimate of drug-likeness (QED) is 0.0804. The van der Waals surface area contributed by atoms with Crippen molar-refractivity contribution in [3.63, 3.8) is 0 Å². The molecule has 4 rings (SSSR count). The Kier molecular flexibility index (Phi) is 10.3. The number of hydrogen-bond acceptors (Lipinski definition) is 7. The van der Waals surface area contributed by atoms with Gasteiger partial charge in [-0.2, -0.15) is 5.26 Å². The molecule has 2 atom stereocenters. The van der Waals surface area contributed by atoms with E-state index in [9.17, 15) is 14.9 Å². The molecule has 0 aliphatic rings. The van der Waals surface area contributed by atoms with Gasteiger partial charge >= 0.3 is 12.1 Å². The number of rotatable bonds is 11. The number of carbonyl (C=O) groups excluding carboxylic acids is 2. The predicted octanol–water partition coefficient (Wildman–Crippen LogP) is 7.03. The van der Waals surface area contributed by atoms with Gasteiger partial charge in [0.2, 0.25) is 0 Å². The van der Waals surface area contributed by atoms with Gasteiger partial charge < -0.3 is 18.9 Å². The SMILES string of the molecule is COC(=O)C(C)CC(c1c(OC)cc(C)c2c1ccn2C(=O)OC(C)(C)C)c1[nH]c2ccc(C#N)cc2[n+]1COCC[Si](C)(C)C. The highest BCUT2D eigenvalue weighted by Gasteiger charge is 2.36. The molecule has 0 amide bonds. The molecule has 2 heterocycles. The van der Waals surface area contributed by atoms with Crippen LogP contribution in [0.1, 0.15) is 62.5 Å². The monoisotopic (exact) mass is 647 g/mol. The van der Waals surface area contributed by atoms with E-state index in [1.807, 2.05) is 63.5 Å². The number of aromatic nitrogens is 3. The Hall–Kier alpha value is -4.14. The summed E-state index contributed by atoms with van der Waals surface area (Å²) in [6.45, 7) is 17.0. The first kappa shape index (κ1) is 34.7. The molecule has 0 aliphatic heterocycles. The number of nitrogens with zero attached hydrogens (tertiary/aromatic N) is 3. The first-order valence-electron chi connectivity index (χ1n) is 15.6. The molecule has 46 heavy (non-hydrogen) atoms. The number of aromatic amines is 1. The number of benzene rings is 2. The first-order chi connectivity index (χ1) is 21.6. The molecular weight excluding hydrogens is 600 g/mol. The molecule has 2 unspecified atom stereocenters. The Morgan fingerprint density at radius 1 is 1.13 bits per heavy atom. The van der Waals surface area contributed by atoms with Crippen LogP contribution in [0.2, 0.25) is 25.7 Å². The highest BCUT2D eigenvalue weighted by molar-refractivity contribution is 6.76. The second kappa shape index (κ2) is 13.7. The zero-order valence-electron chi connectivity index (χ0n) is 28.7. The van der Waals surface area contributed by atoms with Gasteiger partial charge in [0.05, 0.1) is 43.2 Å². The fraction of sp³-hybridized carbons (Fsp3) is 0.486. The van der Waals surface area contributed by atoms with Gasteiger partial charge in [0.1, 0.15) is 11.4 Å². The fourth-order valence-electron chi connectivity index (χ4n) is 5.75. The Bertz CT molecular complexity index is 1790. The molecule has 2 aromatic carbocycles. The van der Waals surface area contributed by atoms with E-state index < -0.39 is 31.6 Å². The van der Waals surface area contributed by atoms with Crippen LogP contribution >= 0.6 is 0 Å². The van der Waals surface area contributed by atoms with Gasteiger partial charge in [-0.3, -0.25) is 9.36 Å². The zero-order valence-corrected chi connectivity index (χ0v) is 29.7. The van der Waals surface area contributed by atoms with Crippen LogP contribution in [0.5, 0.6) is 5.75 Å². The highest BCUT2D eigenvalue weighted by atomic mass is 28.3. The molecule has 0 saturated heterocycles. The van der Waals surface area contributed by atoms with Gasteiger partial charge in [-0.25, -0.2) is 14.3 Å². The van der Waals surface area contributed by atoms with Crippen LogP contribution in [0, 0.1) is 24.2 Å². The largest absolute Gasteiger partial charge is 0.496 e. The van der Waals surface area contributed by atoms with Gasteiger partial charge in [0, 0.05) is 37.9 Å². The van der Waals surface area contributed by atoms with Crippen LogP contribution in [-0.4, -0.2) is 56.1 Å². The van der Waals surface area contributed by atoms with E-state index in [0.29, 0.717) is 29.9 Å². The molecule has 1 N–H and O–H groups in total. The van der Waals surface area contributed by atoms with E-state index in [4.69, 9.17) is 18.9 Å². The van der Waals surface area contributed by atoms with Crippen molar-refractivity contribution in [3.8, 4) is 11.8 Å². The molecule has 0 saturated carbocycles. The van der Waals surface area contributed by atoms with E-state index in [2.05, 4.69) is 30.7 Å². The molecule has 0 bridgehead atoms. The third-order valence-electron chi connectivity index (χ3n) is 8.03. The van der Waals surface area contributed by atoms with Crippen LogP contribution in [0.15, 0.2) is 36.5 Å². The number of methoxy groups -OCH3 is 2. The van der Waals surface area contributed by atoms with Crippen LogP contribution in [0.4, 0.5) is 4.79 Å². The molecule has 0 aliphatic carbocycles. The van der Waals surface area contributed by atoms with Crippen molar-refractivity contribution in [1.82, 2.24) is 9.55 Å². The number of aryl methyl sites for hydroxylation is 1. The summed E-state index contributed by atoms with van der Waals surface area (Å²) in [5.41, 5.74) is 3.83. The molecule has 246 valence electrons. The lowest BCUT2D eigenvalue weighted by molar-refractivity contribution is -0.716. The lowest BCUT2D eigenvalue weighted by Gasteiger charge is -2.23. The first-order valence-corrected chi connectivity index (χ1v) is 19.3. The molecule has 11 heteroatoms. The normalized spacial score (nSPS) is 13.4. The summed E-state index contributed by atoms with van der Waals surface area (Å²) < 4.78 is 26.8. The summed E-state index contributed by atoms with van der Waals surface area (Å²) >= 11 is 0. The second-order valence-electron chi connectivity index (χ2n) is 14.1. The van der Waals surface area contributed by atoms with E-state index in [1.165, 1.54) is 11.7 Å². The molecule has 0 fully saturated rings. The van der Waals surface area contributed by atoms with Crippen LogP contribution < -0.4 is 9.30 Å². The van der Waals surface area contributed by atoms with Crippen molar-refractivity contribution < 1.29 is 33.1 Å². The number of carbonyl (C=O) groups is 2. The molecular formula is C35H47N4O6Si+. The number of ether oxygens (including phenoxy) is 4. The van der Waals surface area contributed by atoms with Gasteiger partial charge in [0.25, 0.3) is 5.82 Å². The van der Waals surface area contributed by atoms with Crippen molar-refractivity contribution in [1.29, 1.82) is 5.26 Å². The van der Waals surface area contributed by atoms with Crippen LogP contribution in [0.25, 0.3) is 21.9 Å². The van der Waals surface area contributed by atoms with E-state index in [1.54, 1.807) is 19.4 Å². The Labute approximate surface area is 272 Å². The number of imidazole rings is 1. The third-order valence-corrected chi connectivity index (χ3v) is 9.74. The summed E-state index contributed by atoms with van der Waals surface area (Å²) in [6.07, 6.45) is 1.60. The smallest absolute Gasteiger partial charge is 0.419 e.